The Balaban J connectivity index is 1.58. The molecule has 3 heterocycles. The first-order chi connectivity index (χ1) is 18.2. The Morgan fingerprint density at radius 1 is 1.18 bits per heavy atom. The van der Waals surface area contributed by atoms with Crippen molar-refractivity contribution in [1.82, 2.24) is 24.6 Å². The molecule has 198 valence electrons. The Morgan fingerprint density at radius 2 is 1.97 bits per heavy atom. The van der Waals surface area contributed by atoms with Crippen LogP contribution in [0.1, 0.15) is 45.2 Å². The third-order valence-corrected chi connectivity index (χ3v) is 6.22. The molecular formula is C25H29N9O4. The van der Waals surface area contributed by atoms with Crippen molar-refractivity contribution in [2.24, 2.45) is 11.5 Å². The lowest BCUT2D eigenvalue weighted by molar-refractivity contribution is -0.127. The number of methoxy groups -OCH3 is 1. The van der Waals surface area contributed by atoms with Gasteiger partial charge in [0, 0.05) is 31.0 Å². The minimum Gasteiger partial charge on any atom is -0.495 e. The molecular weight excluding hydrogens is 490 g/mol. The fraction of sp³-hybridized carbons (Fsp3) is 0.280. The van der Waals surface area contributed by atoms with Crippen molar-refractivity contribution in [2.45, 2.75) is 25.8 Å². The van der Waals surface area contributed by atoms with Crippen LogP contribution < -0.4 is 26.8 Å². The Labute approximate surface area is 218 Å². The van der Waals surface area contributed by atoms with Crippen LogP contribution in [0.3, 0.4) is 0 Å². The number of aromatic nitrogens is 4. The number of ether oxygens (including phenoxy) is 1. The van der Waals surface area contributed by atoms with E-state index in [0.29, 0.717) is 35.8 Å². The van der Waals surface area contributed by atoms with Gasteiger partial charge in [-0.05, 0) is 43.5 Å². The van der Waals surface area contributed by atoms with Gasteiger partial charge in [-0.3, -0.25) is 19.1 Å². The van der Waals surface area contributed by atoms with Gasteiger partial charge in [-0.15, -0.1) is 0 Å². The standard InChI is InChI=1S/C25H29N9O4/c1-4-20(35)33-7-5-6-17(13-33)34-12-16(10-29-34)30-25-28-11-18(23(27)37)24(32-25)31-21-14(2)8-15(22(26)36)9-19(21)38-3/h4,8-12,17H,1,5-7,13H2,2-3H3,(H2,26,36)(H2,27,37)(H2,28,30,31,32)/t17-/m0/s1. The molecule has 4 rings (SSSR count). The van der Waals surface area contributed by atoms with E-state index in [2.05, 4.69) is 32.3 Å². The first-order valence-electron chi connectivity index (χ1n) is 11.8. The predicted molar refractivity (Wildman–Crippen MR) is 141 cm³/mol. The largest absolute Gasteiger partial charge is 0.495 e. The van der Waals surface area contributed by atoms with Crippen molar-refractivity contribution in [1.29, 1.82) is 0 Å². The van der Waals surface area contributed by atoms with Crippen molar-refractivity contribution >= 4 is 40.9 Å². The molecule has 0 unspecified atom stereocenters. The number of aryl methyl sites for hydroxylation is 1. The van der Waals surface area contributed by atoms with Crippen LogP contribution in [0, 0.1) is 6.92 Å². The highest BCUT2D eigenvalue weighted by atomic mass is 16.5. The Morgan fingerprint density at radius 3 is 2.66 bits per heavy atom. The van der Waals surface area contributed by atoms with Crippen LogP contribution in [-0.2, 0) is 4.79 Å². The van der Waals surface area contributed by atoms with Gasteiger partial charge in [-0.2, -0.15) is 10.1 Å². The average molecular weight is 520 g/mol. The number of rotatable bonds is 9. The summed E-state index contributed by atoms with van der Waals surface area (Å²) in [6.07, 6.45) is 7.81. The van der Waals surface area contributed by atoms with E-state index >= 15 is 0 Å². The fourth-order valence-electron chi connectivity index (χ4n) is 4.29. The van der Waals surface area contributed by atoms with E-state index in [4.69, 9.17) is 16.2 Å². The van der Waals surface area contributed by atoms with Gasteiger partial charge in [0.25, 0.3) is 5.91 Å². The number of likely N-dealkylation sites (tertiary alicyclic amines) is 1. The van der Waals surface area contributed by atoms with Crippen molar-refractivity contribution in [3.05, 3.63) is 60.1 Å². The molecule has 13 nitrogen and oxygen atoms in total. The van der Waals surface area contributed by atoms with E-state index in [1.165, 1.54) is 25.4 Å². The van der Waals surface area contributed by atoms with Crippen LogP contribution in [0.4, 0.5) is 23.1 Å². The Hall–Kier alpha value is -4.94. The molecule has 2 aromatic heterocycles. The molecule has 0 saturated carbocycles. The number of primary amides is 2. The van der Waals surface area contributed by atoms with Crippen LogP contribution >= 0.6 is 0 Å². The van der Waals surface area contributed by atoms with Crippen LogP contribution in [0.5, 0.6) is 5.75 Å². The van der Waals surface area contributed by atoms with Gasteiger partial charge in [-0.25, -0.2) is 4.98 Å². The van der Waals surface area contributed by atoms with Crippen molar-refractivity contribution in [3.63, 3.8) is 0 Å². The minimum atomic E-state index is -0.729. The van der Waals surface area contributed by atoms with Crippen LogP contribution in [0.2, 0.25) is 0 Å². The maximum atomic E-state index is 12.1. The van der Waals surface area contributed by atoms with E-state index < -0.39 is 11.8 Å². The number of benzene rings is 1. The highest BCUT2D eigenvalue weighted by Crippen LogP contribution is 2.33. The summed E-state index contributed by atoms with van der Waals surface area (Å²) in [5, 5.41) is 10.6. The Bertz CT molecular complexity index is 1400. The molecule has 0 radical (unpaired) electrons. The molecule has 3 aromatic rings. The number of carbonyl (C=O) groups excluding carboxylic acids is 3. The zero-order valence-corrected chi connectivity index (χ0v) is 21.1. The van der Waals surface area contributed by atoms with Gasteiger partial charge in [-0.1, -0.05) is 6.58 Å². The van der Waals surface area contributed by atoms with Crippen molar-refractivity contribution in [2.75, 3.05) is 30.8 Å². The second-order valence-corrected chi connectivity index (χ2v) is 8.80. The summed E-state index contributed by atoms with van der Waals surface area (Å²) in [4.78, 5) is 46.2. The fourth-order valence-corrected chi connectivity index (χ4v) is 4.29. The molecule has 1 aromatic carbocycles. The highest BCUT2D eigenvalue weighted by Gasteiger charge is 2.24. The maximum Gasteiger partial charge on any atom is 0.254 e. The van der Waals surface area contributed by atoms with Crippen molar-refractivity contribution < 1.29 is 19.1 Å². The van der Waals surface area contributed by atoms with E-state index in [9.17, 15) is 14.4 Å². The molecule has 1 fully saturated rings. The molecule has 0 bridgehead atoms. The second kappa shape index (κ2) is 11.0. The molecule has 1 saturated heterocycles. The summed E-state index contributed by atoms with van der Waals surface area (Å²) in [7, 11) is 1.45. The maximum absolute atomic E-state index is 12.1. The van der Waals surface area contributed by atoms with E-state index in [0.717, 1.165) is 12.8 Å². The first-order valence-corrected chi connectivity index (χ1v) is 11.8. The number of anilines is 4. The summed E-state index contributed by atoms with van der Waals surface area (Å²) in [6.45, 7) is 6.55. The number of hydrogen-bond donors (Lipinski definition) is 4. The number of nitrogens with two attached hydrogens (primary N) is 2. The van der Waals surface area contributed by atoms with Gasteiger partial charge in [0.15, 0.2) is 0 Å². The normalized spacial score (nSPS) is 15.0. The molecule has 3 amide bonds. The lowest BCUT2D eigenvalue weighted by Gasteiger charge is -2.32. The second-order valence-electron chi connectivity index (χ2n) is 8.80. The van der Waals surface area contributed by atoms with Crippen LogP contribution in [0.15, 0.2) is 43.4 Å². The minimum absolute atomic E-state index is 0.0254. The number of nitrogens with one attached hydrogen (secondary N) is 2. The number of carbonyl (C=O) groups is 3. The molecule has 6 N–H and O–H groups in total. The molecule has 1 aliphatic rings. The van der Waals surface area contributed by atoms with Gasteiger partial charge in [0.1, 0.15) is 17.1 Å². The number of amides is 3. The lowest BCUT2D eigenvalue weighted by Crippen LogP contribution is -2.39. The van der Waals surface area contributed by atoms with Gasteiger partial charge in [0.05, 0.1) is 30.7 Å². The molecule has 0 aliphatic carbocycles. The molecule has 13 heteroatoms. The number of hydrogen-bond acceptors (Lipinski definition) is 9. The summed E-state index contributed by atoms with van der Waals surface area (Å²) in [6, 6.07) is 3.11. The molecule has 0 spiro atoms. The summed E-state index contributed by atoms with van der Waals surface area (Å²) in [5.74, 6) is -0.762. The van der Waals surface area contributed by atoms with Crippen LogP contribution in [0.25, 0.3) is 0 Å². The third kappa shape index (κ3) is 5.56. The third-order valence-electron chi connectivity index (χ3n) is 6.22. The molecule has 38 heavy (non-hydrogen) atoms. The first kappa shape index (κ1) is 26.1. The highest BCUT2D eigenvalue weighted by molar-refractivity contribution is 5.99. The van der Waals surface area contributed by atoms with Crippen LogP contribution in [-0.4, -0.2) is 62.6 Å². The van der Waals surface area contributed by atoms with Gasteiger partial charge >= 0.3 is 0 Å². The smallest absolute Gasteiger partial charge is 0.254 e. The average Bonchev–Trinajstić information content (AvgIpc) is 3.37. The summed E-state index contributed by atoms with van der Waals surface area (Å²) < 4.78 is 7.22. The van der Waals surface area contributed by atoms with E-state index in [1.807, 2.05) is 0 Å². The zero-order valence-electron chi connectivity index (χ0n) is 21.1. The quantitative estimate of drug-likeness (QED) is 0.307. The predicted octanol–water partition coefficient (Wildman–Crippen LogP) is 2.02. The van der Waals surface area contributed by atoms with E-state index in [-0.39, 0.29) is 34.8 Å². The van der Waals surface area contributed by atoms with Crippen molar-refractivity contribution in [3.8, 4) is 5.75 Å². The van der Waals surface area contributed by atoms with Gasteiger partial charge < -0.3 is 31.7 Å². The zero-order chi connectivity index (χ0) is 27.4. The molecule has 1 aliphatic heterocycles. The molecule has 1 atom stereocenters. The van der Waals surface area contributed by atoms with Gasteiger partial charge in [0.2, 0.25) is 17.8 Å². The SMILES string of the molecule is C=CC(=O)N1CCC[C@H](n2cc(Nc3ncc(C(N)=O)c(Nc4c(C)cc(C(N)=O)cc4OC)n3)cn2)C1. The summed E-state index contributed by atoms with van der Waals surface area (Å²) in [5.41, 5.74) is 13.0. The Kier molecular flexibility index (Phi) is 7.55. The topological polar surface area (TPSA) is 183 Å². The van der Waals surface area contributed by atoms with E-state index in [1.54, 1.807) is 35.0 Å². The number of piperidine rings is 1. The number of nitrogens with zero attached hydrogens (tertiary/aromatic N) is 5. The lowest BCUT2D eigenvalue weighted by atomic mass is 10.1. The summed E-state index contributed by atoms with van der Waals surface area (Å²) >= 11 is 0. The monoisotopic (exact) mass is 519 g/mol.